The van der Waals surface area contributed by atoms with Gasteiger partial charge in [-0.3, -0.25) is 4.98 Å². The molecule has 0 aliphatic carbocycles. The third-order valence-corrected chi connectivity index (χ3v) is 8.42. The van der Waals surface area contributed by atoms with Gasteiger partial charge >= 0.3 is 0 Å². The van der Waals surface area contributed by atoms with Gasteiger partial charge in [-0.15, -0.1) is 0 Å². The summed E-state index contributed by atoms with van der Waals surface area (Å²) in [6.07, 6.45) is 6.97. The summed E-state index contributed by atoms with van der Waals surface area (Å²) in [7, 11) is 0. The molecule has 1 aliphatic heterocycles. The van der Waals surface area contributed by atoms with E-state index in [0.717, 1.165) is 38.8 Å². The van der Waals surface area contributed by atoms with Crippen molar-refractivity contribution in [3.8, 4) is 11.3 Å². The number of benzene rings is 3. The molecule has 2 heterocycles. The number of aryl methyl sites for hydroxylation is 1. The molecule has 1 N–H and O–H groups in total. The number of nitrogens with one attached hydrogen (secondary N) is 1. The monoisotopic (exact) mass is 565 g/mol. The number of hydrogen-bond donors (Lipinski definition) is 1. The van der Waals surface area contributed by atoms with Crippen LogP contribution in [-0.4, -0.2) is 17.3 Å². The molecule has 1 aromatic heterocycles. The van der Waals surface area contributed by atoms with Gasteiger partial charge in [0.1, 0.15) is 0 Å². The van der Waals surface area contributed by atoms with Crippen LogP contribution in [0.1, 0.15) is 58.9 Å². The van der Waals surface area contributed by atoms with Crippen molar-refractivity contribution in [2.75, 3.05) is 21.3 Å². The third kappa shape index (κ3) is 8.08. The quantitative estimate of drug-likeness (QED) is 0.243. The van der Waals surface area contributed by atoms with Gasteiger partial charge < -0.3 is 9.03 Å². The van der Waals surface area contributed by atoms with Crippen molar-refractivity contribution >= 4 is 57.6 Å². The summed E-state index contributed by atoms with van der Waals surface area (Å²) in [5, 5.41) is 3.14. The first kappa shape index (κ1) is 30.2. The van der Waals surface area contributed by atoms with Gasteiger partial charge in [-0.25, -0.2) is 0 Å². The summed E-state index contributed by atoms with van der Waals surface area (Å²) < 4.78 is 5.86. The second-order valence-electron chi connectivity index (χ2n) is 8.93. The van der Waals surface area contributed by atoms with Gasteiger partial charge in [-0.1, -0.05) is 82.5 Å². The number of nitrogens with zero attached hydrogens (tertiary/aromatic N) is 2. The van der Waals surface area contributed by atoms with E-state index in [1.54, 1.807) is 11.9 Å². The van der Waals surface area contributed by atoms with E-state index >= 15 is 0 Å². The van der Waals surface area contributed by atoms with Gasteiger partial charge in [0.05, 0.1) is 10.7 Å². The Bertz CT molecular complexity index is 1280. The topological polar surface area (TPSA) is 28.2 Å². The molecular weight excluding hydrogens is 526 g/mol. The number of fused-ring (bicyclic) bond motifs is 1. The first-order valence-corrected chi connectivity index (χ1v) is 15.8. The SMILES string of the molecule is CC.CCC.Cc1ccc(NSc2ccc(N3CCCCCS3)cc2Cl)cc1-c1nccc2ccccc12. The lowest BCUT2D eigenvalue weighted by Crippen LogP contribution is -2.14. The van der Waals surface area contributed by atoms with Crippen LogP contribution < -0.4 is 9.03 Å². The summed E-state index contributed by atoms with van der Waals surface area (Å²) in [4.78, 5) is 5.73. The first-order valence-electron chi connectivity index (χ1n) is 13.7. The van der Waals surface area contributed by atoms with Gasteiger partial charge in [-0.05, 0) is 91.0 Å². The van der Waals surface area contributed by atoms with Gasteiger partial charge in [0, 0.05) is 45.7 Å². The highest BCUT2D eigenvalue weighted by atomic mass is 35.5. The highest BCUT2D eigenvalue weighted by molar-refractivity contribution is 8.01. The van der Waals surface area contributed by atoms with Crippen LogP contribution >= 0.6 is 35.5 Å². The third-order valence-electron chi connectivity index (χ3n) is 5.90. The molecule has 1 saturated heterocycles. The fourth-order valence-electron chi connectivity index (χ4n) is 4.09. The Morgan fingerprint density at radius 3 is 2.55 bits per heavy atom. The number of anilines is 2. The number of halogens is 1. The Morgan fingerprint density at radius 1 is 0.974 bits per heavy atom. The molecule has 3 aromatic carbocycles. The maximum Gasteiger partial charge on any atom is 0.0783 e. The maximum atomic E-state index is 6.67. The first-order chi connectivity index (χ1) is 18.6. The minimum atomic E-state index is 0.776. The maximum absolute atomic E-state index is 6.67. The molecule has 0 saturated carbocycles. The van der Waals surface area contributed by atoms with Crippen LogP contribution in [0.2, 0.25) is 5.02 Å². The minimum absolute atomic E-state index is 0.776. The van der Waals surface area contributed by atoms with E-state index in [4.69, 9.17) is 16.6 Å². The van der Waals surface area contributed by atoms with Crippen molar-refractivity contribution in [2.45, 2.75) is 65.2 Å². The molecule has 0 atom stereocenters. The fraction of sp³-hybridized carbons (Fsp3) is 0.344. The van der Waals surface area contributed by atoms with E-state index in [1.807, 2.05) is 32.0 Å². The standard InChI is InChI=1S/C27H26ClN3S2.C3H8.C2H6/c1-19-9-10-21(17-24(19)27-23-8-4-3-7-20(23)13-14-29-27)30-33-26-12-11-22(18-25(26)28)31-15-5-2-6-16-32-31;1-3-2;1-2/h3-4,7-14,17-18,30H,2,5-6,15-16H2,1H3;3H2,1-2H3;1-2H3. The Morgan fingerprint density at radius 2 is 1.76 bits per heavy atom. The van der Waals surface area contributed by atoms with Crippen LogP contribution in [0, 0.1) is 6.92 Å². The minimum Gasteiger partial charge on any atom is -0.326 e. The fourth-order valence-corrected chi connectivity index (χ4v) is 6.11. The molecule has 3 nitrogen and oxygen atoms in total. The largest absolute Gasteiger partial charge is 0.326 e. The van der Waals surface area contributed by atoms with E-state index in [1.165, 1.54) is 48.1 Å². The molecular formula is C32H40ClN3S2. The summed E-state index contributed by atoms with van der Waals surface area (Å²) in [5.74, 6) is 1.18. The number of rotatable bonds is 5. The Labute approximate surface area is 243 Å². The molecule has 6 heteroatoms. The van der Waals surface area contributed by atoms with Crippen molar-refractivity contribution in [1.29, 1.82) is 0 Å². The van der Waals surface area contributed by atoms with Crippen molar-refractivity contribution in [3.05, 3.63) is 83.5 Å². The summed E-state index contributed by atoms with van der Waals surface area (Å²) in [6, 6.07) is 23.2. The van der Waals surface area contributed by atoms with E-state index in [-0.39, 0.29) is 0 Å². The molecule has 202 valence electrons. The van der Waals surface area contributed by atoms with Gasteiger partial charge in [-0.2, -0.15) is 0 Å². The van der Waals surface area contributed by atoms with Crippen LogP contribution in [-0.2, 0) is 0 Å². The molecule has 0 unspecified atom stereocenters. The van der Waals surface area contributed by atoms with Crippen LogP contribution in [0.4, 0.5) is 11.4 Å². The molecule has 38 heavy (non-hydrogen) atoms. The summed E-state index contributed by atoms with van der Waals surface area (Å²) >= 11 is 10.1. The second kappa shape index (κ2) is 15.9. The lowest BCUT2D eigenvalue weighted by atomic mass is 10.00. The Kier molecular flexibility index (Phi) is 12.7. The normalized spacial score (nSPS) is 13.1. The van der Waals surface area contributed by atoms with Crippen molar-refractivity contribution in [2.24, 2.45) is 0 Å². The van der Waals surface area contributed by atoms with Crippen LogP contribution in [0.15, 0.2) is 77.8 Å². The highest BCUT2D eigenvalue weighted by Gasteiger charge is 2.13. The second-order valence-corrected chi connectivity index (χ2v) is 11.3. The molecule has 0 amide bonds. The molecule has 0 bridgehead atoms. The van der Waals surface area contributed by atoms with Crippen LogP contribution in [0.25, 0.3) is 22.0 Å². The molecule has 0 radical (unpaired) electrons. The van der Waals surface area contributed by atoms with Crippen molar-refractivity contribution < 1.29 is 0 Å². The average molecular weight is 566 g/mol. The molecule has 1 fully saturated rings. The van der Waals surface area contributed by atoms with Gasteiger partial charge in [0.2, 0.25) is 0 Å². The zero-order valence-electron chi connectivity index (χ0n) is 23.3. The predicted molar refractivity (Wildman–Crippen MR) is 174 cm³/mol. The van der Waals surface area contributed by atoms with E-state index in [0.29, 0.717) is 0 Å². The number of aromatic nitrogens is 1. The molecule has 5 rings (SSSR count). The zero-order valence-corrected chi connectivity index (χ0v) is 25.6. The summed E-state index contributed by atoms with van der Waals surface area (Å²) in [5.41, 5.74) is 5.56. The molecule has 0 spiro atoms. The lowest BCUT2D eigenvalue weighted by molar-refractivity contribution is 0.751. The van der Waals surface area contributed by atoms with Crippen LogP contribution in [0.5, 0.6) is 0 Å². The van der Waals surface area contributed by atoms with Gasteiger partial charge in [0.15, 0.2) is 0 Å². The van der Waals surface area contributed by atoms with E-state index in [2.05, 4.69) is 96.5 Å². The summed E-state index contributed by atoms with van der Waals surface area (Å²) in [6.45, 7) is 11.5. The number of pyridine rings is 1. The Balaban J connectivity index is 0.000000748. The Hall–Kier alpha value is -2.34. The highest BCUT2D eigenvalue weighted by Crippen LogP contribution is 2.36. The molecule has 1 aliphatic rings. The molecule has 4 aromatic rings. The average Bonchev–Trinajstić information content (AvgIpc) is 3.24. The van der Waals surface area contributed by atoms with Crippen molar-refractivity contribution in [3.63, 3.8) is 0 Å². The van der Waals surface area contributed by atoms with Gasteiger partial charge in [0.25, 0.3) is 0 Å². The van der Waals surface area contributed by atoms with E-state index in [9.17, 15) is 0 Å². The predicted octanol–water partition coefficient (Wildman–Crippen LogP) is 11.1. The zero-order chi connectivity index (χ0) is 27.3. The van der Waals surface area contributed by atoms with Crippen molar-refractivity contribution in [1.82, 2.24) is 4.98 Å². The van der Waals surface area contributed by atoms with Crippen LogP contribution in [0.3, 0.4) is 0 Å². The number of hydrogen-bond acceptors (Lipinski definition) is 5. The van der Waals surface area contributed by atoms with E-state index < -0.39 is 0 Å². The smallest absolute Gasteiger partial charge is 0.0783 e. The lowest BCUT2D eigenvalue weighted by Gasteiger charge is -2.21.